The maximum Gasteiger partial charge on any atom is 0.255 e. The van der Waals surface area contributed by atoms with Gasteiger partial charge in [0, 0.05) is 25.3 Å². The van der Waals surface area contributed by atoms with E-state index in [4.69, 9.17) is 23.2 Å². The van der Waals surface area contributed by atoms with Crippen molar-refractivity contribution < 1.29 is 4.79 Å². The highest BCUT2D eigenvalue weighted by atomic mass is 35.5. The first kappa shape index (κ1) is 16.5. The lowest BCUT2D eigenvalue weighted by atomic mass is 10.1. The van der Waals surface area contributed by atoms with E-state index in [0.717, 1.165) is 19.4 Å². The Balaban J connectivity index is 2.21. The lowest BCUT2D eigenvalue weighted by Crippen LogP contribution is -2.42. The molecule has 0 bridgehead atoms. The summed E-state index contributed by atoms with van der Waals surface area (Å²) >= 11 is 12.0. The van der Waals surface area contributed by atoms with E-state index in [9.17, 15) is 4.79 Å². The third-order valence-corrected chi connectivity index (χ3v) is 4.37. The normalized spacial score (nSPS) is 15.7. The fraction of sp³-hybridized carbons (Fsp3) is 0.600. The average Bonchev–Trinajstić information content (AvgIpc) is 2.95. The molecular formula is C15H21Cl2N3O. The van der Waals surface area contributed by atoms with Gasteiger partial charge >= 0.3 is 0 Å². The van der Waals surface area contributed by atoms with Gasteiger partial charge in [-0.1, -0.05) is 36.0 Å². The Hall–Kier alpha value is -0.840. The molecular weight excluding hydrogens is 309 g/mol. The molecule has 0 spiro atoms. The van der Waals surface area contributed by atoms with Crippen molar-refractivity contribution in [3.63, 3.8) is 0 Å². The third-order valence-electron chi connectivity index (χ3n) is 3.87. The molecule has 0 aromatic carbocycles. The molecule has 0 saturated heterocycles. The predicted molar refractivity (Wildman–Crippen MR) is 86.1 cm³/mol. The van der Waals surface area contributed by atoms with Gasteiger partial charge in [-0.15, -0.1) is 0 Å². The van der Waals surface area contributed by atoms with Crippen molar-refractivity contribution in [2.45, 2.75) is 31.7 Å². The monoisotopic (exact) mass is 329 g/mol. The van der Waals surface area contributed by atoms with Crippen molar-refractivity contribution in [3.05, 3.63) is 28.0 Å². The van der Waals surface area contributed by atoms with Crippen LogP contribution in [-0.2, 0) is 0 Å². The molecule has 1 aromatic heterocycles. The van der Waals surface area contributed by atoms with E-state index in [-0.39, 0.29) is 5.91 Å². The van der Waals surface area contributed by atoms with Crippen LogP contribution in [0.1, 0.15) is 36.0 Å². The molecule has 0 aliphatic heterocycles. The molecule has 1 aliphatic carbocycles. The first-order valence-electron chi connectivity index (χ1n) is 7.26. The van der Waals surface area contributed by atoms with Crippen LogP contribution in [0.3, 0.4) is 0 Å². The Bertz CT molecular complexity index is 502. The van der Waals surface area contributed by atoms with Crippen LogP contribution >= 0.6 is 23.2 Å². The maximum absolute atomic E-state index is 12.9. The smallest absolute Gasteiger partial charge is 0.255 e. The van der Waals surface area contributed by atoms with Crippen molar-refractivity contribution in [3.8, 4) is 0 Å². The molecule has 6 heteroatoms. The lowest BCUT2D eigenvalue weighted by Gasteiger charge is -2.30. The topological polar surface area (TPSA) is 36.4 Å². The summed E-state index contributed by atoms with van der Waals surface area (Å²) in [4.78, 5) is 20.8. The van der Waals surface area contributed by atoms with Crippen LogP contribution in [0.25, 0.3) is 0 Å². The Labute approximate surface area is 136 Å². The van der Waals surface area contributed by atoms with Crippen LogP contribution < -0.4 is 0 Å². The molecule has 1 heterocycles. The van der Waals surface area contributed by atoms with Crippen molar-refractivity contribution in [1.82, 2.24) is 14.8 Å². The number of carbonyl (C=O) groups is 1. The number of hydrogen-bond acceptors (Lipinski definition) is 3. The predicted octanol–water partition coefficient (Wildman–Crippen LogP) is 3.33. The molecule has 4 nitrogen and oxygen atoms in total. The molecule has 0 radical (unpaired) electrons. The maximum atomic E-state index is 12.9. The van der Waals surface area contributed by atoms with Gasteiger partial charge in [-0.3, -0.25) is 4.79 Å². The fourth-order valence-electron chi connectivity index (χ4n) is 2.71. The van der Waals surface area contributed by atoms with Crippen LogP contribution in [0, 0.1) is 0 Å². The second-order valence-corrected chi connectivity index (χ2v) is 6.52. The van der Waals surface area contributed by atoms with E-state index in [2.05, 4.69) is 9.88 Å². The Morgan fingerprint density at radius 2 is 1.95 bits per heavy atom. The second-order valence-electron chi connectivity index (χ2n) is 5.73. The fourth-order valence-corrected chi connectivity index (χ4v) is 3.05. The number of aromatic nitrogens is 1. The van der Waals surface area contributed by atoms with Gasteiger partial charge in [-0.25, -0.2) is 4.98 Å². The first-order chi connectivity index (χ1) is 9.99. The summed E-state index contributed by atoms with van der Waals surface area (Å²) in [6.07, 6.45) is 5.93. The van der Waals surface area contributed by atoms with E-state index >= 15 is 0 Å². The highest BCUT2D eigenvalue weighted by Crippen LogP contribution is 2.27. The molecule has 0 unspecified atom stereocenters. The third kappa shape index (κ3) is 4.31. The van der Waals surface area contributed by atoms with E-state index in [1.54, 1.807) is 6.07 Å². The van der Waals surface area contributed by atoms with Gasteiger partial charge in [-0.05, 0) is 33.0 Å². The molecule has 1 aliphatic rings. The summed E-state index contributed by atoms with van der Waals surface area (Å²) in [5.41, 5.74) is 0.447. The highest BCUT2D eigenvalue weighted by molar-refractivity contribution is 6.35. The molecule has 1 aromatic rings. The van der Waals surface area contributed by atoms with Gasteiger partial charge in [0.25, 0.3) is 5.91 Å². The quantitative estimate of drug-likeness (QED) is 0.777. The van der Waals surface area contributed by atoms with Crippen LogP contribution in [0.15, 0.2) is 12.3 Å². The van der Waals surface area contributed by atoms with Crippen molar-refractivity contribution in [1.29, 1.82) is 0 Å². The summed E-state index contributed by atoms with van der Waals surface area (Å²) in [5, 5.41) is 0.652. The number of carbonyl (C=O) groups excluding carboxylic acids is 1. The molecule has 0 atom stereocenters. The van der Waals surface area contributed by atoms with Gasteiger partial charge in [0.15, 0.2) is 0 Å². The number of likely N-dealkylation sites (N-methyl/N-ethyl adjacent to an activating group) is 1. The minimum absolute atomic E-state index is 0.0435. The van der Waals surface area contributed by atoms with Crippen molar-refractivity contribution >= 4 is 29.1 Å². The van der Waals surface area contributed by atoms with Gasteiger partial charge < -0.3 is 9.80 Å². The molecule has 2 rings (SSSR count). The standard InChI is InChI=1S/C15H21Cl2N3O/c1-19(2)7-8-20(11-5-3-4-6-11)15(21)12-9-14(17)18-10-13(12)16/h9-11H,3-8H2,1-2H3. The molecule has 116 valence electrons. The van der Waals surface area contributed by atoms with Crippen LogP contribution in [-0.4, -0.2) is 53.9 Å². The van der Waals surface area contributed by atoms with E-state index < -0.39 is 0 Å². The van der Waals surface area contributed by atoms with Crippen LogP contribution in [0.4, 0.5) is 0 Å². The molecule has 1 fully saturated rings. The summed E-state index contributed by atoms with van der Waals surface area (Å²) in [6.45, 7) is 1.53. The Kier molecular flexibility index (Phi) is 5.85. The number of rotatable bonds is 5. The Morgan fingerprint density at radius 1 is 1.29 bits per heavy atom. The first-order valence-corrected chi connectivity index (χ1v) is 8.01. The number of hydrogen-bond donors (Lipinski definition) is 0. The second kappa shape index (κ2) is 7.43. The molecule has 1 saturated carbocycles. The van der Waals surface area contributed by atoms with Gasteiger partial charge in [-0.2, -0.15) is 0 Å². The minimum atomic E-state index is -0.0435. The summed E-state index contributed by atoms with van der Waals surface area (Å²) < 4.78 is 0. The van der Waals surface area contributed by atoms with Gasteiger partial charge in [0.05, 0.1) is 10.6 Å². The molecule has 0 N–H and O–H groups in total. The van der Waals surface area contributed by atoms with Crippen molar-refractivity contribution in [2.24, 2.45) is 0 Å². The zero-order chi connectivity index (χ0) is 15.4. The zero-order valence-corrected chi connectivity index (χ0v) is 14.0. The van der Waals surface area contributed by atoms with Gasteiger partial charge in [0.1, 0.15) is 5.15 Å². The zero-order valence-electron chi connectivity index (χ0n) is 12.5. The van der Waals surface area contributed by atoms with E-state index in [1.165, 1.54) is 19.0 Å². The van der Waals surface area contributed by atoms with Gasteiger partial charge in [0.2, 0.25) is 0 Å². The van der Waals surface area contributed by atoms with Crippen LogP contribution in [0.5, 0.6) is 0 Å². The van der Waals surface area contributed by atoms with Crippen molar-refractivity contribution in [2.75, 3.05) is 27.2 Å². The summed E-state index contributed by atoms with van der Waals surface area (Å²) in [5.74, 6) is -0.0435. The summed E-state index contributed by atoms with van der Waals surface area (Å²) in [6, 6.07) is 1.87. The van der Waals surface area contributed by atoms with E-state index in [0.29, 0.717) is 28.3 Å². The van der Waals surface area contributed by atoms with E-state index in [1.807, 2.05) is 19.0 Å². The number of nitrogens with zero attached hydrogens (tertiary/aromatic N) is 3. The number of halogens is 2. The van der Waals surface area contributed by atoms with Crippen LogP contribution in [0.2, 0.25) is 10.2 Å². The lowest BCUT2D eigenvalue weighted by molar-refractivity contribution is 0.0667. The number of amides is 1. The number of pyridine rings is 1. The average molecular weight is 330 g/mol. The largest absolute Gasteiger partial charge is 0.334 e. The highest BCUT2D eigenvalue weighted by Gasteiger charge is 2.28. The summed E-state index contributed by atoms with van der Waals surface area (Å²) in [7, 11) is 4.02. The molecule has 1 amide bonds. The SMILES string of the molecule is CN(C)CCN(C(=O)c1cc(Cl)ncc1Cl)C1CCCC1. The Morgan fingerprint density at radius 3 is 2.57 bits per heavy atom. The minimum Gasteiger partial charge on any atom is -0.334 e. The molecule has 21 heavy (non-hydrogen) atoms.